The maximum Gasteiger partial charge on any atom is 0.434 e. The zero-order valence-corrected chi connectivity index (χ0v) is 17.4. The van der Waals surface area contributed by atoms with Crippen molar-refractivity contribution in [3.63, 3.8) is 0 Å². The van der Waals surface area contributed by atoms with Crippen molar-refractivity contribution in [2.24, 2.45) is 0 Å². The molecule has 1 amide bonds. The van der Waals surface area contributed by atoms with Crippen LogP contribution in [0.15, 0.2) is 76.3 Å². The van der Waals surface area contributed by atoms with E-state index < -0.39 is 23.5 Å². The highest BCUT2D eigenvalue weighted by molar-refractivity contribution is 5.98. The van der Waals surface area contributed by atoms with E-state index in [2.05, 4.69) is 25.5 Å². The number of amides is 1. The lowest BCUT2D eigenvalue weighted by Gasteiger charge is -2.11. The summed E-state index contributed by atoms with van der Waals surface area (Å²) in [6.45, 7) is 0. The highest BCUT2D eigenvalue weighted by Crippen LogP contribution is 2.31. The Morgan fingerprint density at radius 3 is 2.71 bits per heavy atom. The van der Waals surface area contributed by atoms with Crippen molar-refractivity contribution in [3.05, 3.63) is 83.2 Å². The number of halogens is 3. The van der Waals surface area contributed by atoms with Crippen LogP contribution in [0.4, 0.5) is 23.7 Å². The lowest BCUT2D eigenvalue weighted by Crippen LogP contribution is -2.18. The van der Waals surface area contributed by atoms with Gasteiger partial charge in [0.1, 0.15) is 17.8 Å². The van der Waals surface area contributed by atoms with Crippen molar-refractivity contribution >= 4 is 22.6 Å². The zero-order valence-electron chi connectivity index (χ0n) is 17.4. The first-order valence-corrected chi connectivity index (χ1v) is 9.92. The lowest BCUT2D eigenvalue weighted by atomic mass is 10.2. The summed E-state index contributed by atoms with van der Waals surface area (Å²) in [4.78, 5) is 31.8. The quantitative estimate of drug-likeness (QED) is 0.381. The number of anilines is 1. The van der Waals surface area contributed by atoms with E-state index in [1.165, 1.54) is 35.3 Å². The second kappa shape index (κ2) is 8.44. The van der Waals surface area contributed by atoms with Crippen LogP contribution in [-0.4, -0.2) is 30.8 Å². The smallest absolute Gasteiger partial charge is 0.434 e. The summed E-state index contributed by atoms with van der Waals surface area (Å²) in [5.74, 6) is -0.210. The molecule has 0 aliphatic carbocycles. The number of aromatic nitrogens is 5. The number of alkyl halides is 3. The number of rotatable bonds is 4. The van der Waals surface area contributed by atoms with Gasteiger partial charge < -0.3 is 14.5 Å². The molecule has 3 aromatic heterocycles. The number of H-pyrrole nitrogens is 1. The molecule has 3 heterocycles. The Balaban J connectivity index is 1.35. The molecule has 13 heteroatoms. The summed E-state index contributed by atoms with van der Waals surface area (Å²) in [7, 11) is 0. The van der Waals surface area contributed by atoms with E-state index in [4.69, 9.17) is 9.15 Å². The van der Waals surface area contributed by atoms with Crippen molar-refractivity contribution in [1.29, 1.82) is 0 Å². The van der Waals surface area contributed by atoms with Crippen LogP contribution in [-0.2, 0) is 6.18 Å². The van der Waals surface area contributed by atoms with Crippen molar-refractivity contribution in [2.75, 3.05) is 5.32 Å². The molecule has 35 heavy (non-hydrogen) atoms. The predicted octanol–water partition coefficient (Wildman–Crippen LogP) is 4.67. The van der Waals surface area contributed by atoms with E-state index in [1.54, 1.807) is 24.3 Å². The molecule has 0 saturated heterocycles. The number of aromatic amines is 1. The van der Waals surface area contributed by atoms with E-state index in [9.17, 15) is 22.8 Å². The zero-order chi connectivity index (χ0) is 24.6. The van der Waals surface area contributed by atoms with E-state index in [1.807, 2.05) is 0 Å². The van der Waals surface area contributed by atoms with Gasteiger partial charge in [0.05, 0.1) is 11.1 Å². The SMILES string of the molecule is O=C(Nc1cccc(C(F)(F)F)c1)n1ccc2cc(Oc3cc(-c4n[nH]c(=O)o4)ncn3)ccc21. The normalized spacial score (nSPS) is 11.5. The highest BCUT2D eigenvalue weighted by Gasteiger charge is 2.30. The van der Waals surface area contributed by atoms with E-state index in [0.717, 1.165) is 12.1 Å². The topological polar surface area (TPSA) is 128 Å². The number of hydrogen-bond donors (Lipinski definition) is 2. The first-order valence-electron chi connectivity index (χ1n) is 9.92. The Morgan fingerprint density at radius 2 is 1.94 bits per heavy atom. The number of carbonyl (C=O) groups is 1. The number of carbonyl (C=O) groups excluding carboxylic acids is 1. The number of nitrogens with zero attached hydrogens (tertiary/aromatic N) is 4. The third-order valence-electron chi connectivity index (χ3n) is 4.84. The summed E-state index contributed by atoms with van der Waals surface area (Å²) >= 11 is 0. The van der Waals surface area contributed by atoms with E-state index in [0.29, 0.717) is 16.7 Å². The van der Waals surface area contributed by atoms with Crippen LogP contribution in [0.5, 0.6) is 11.6 Å². The van der Waals surface area contributed by atoms with Crippen LogP contribution in [0, 0.1) is 0 Å². The molecular weight excluding hydrogens is 469 g/mol. The molecule has 0 unspecified atom stereocenters. The van der Waals surface area contributed by atoms with Gasteiger partial charge in [-0.1, -0.05) is 6.07 Å². The predicted molar refractivity (Wildman–Crippen MR) is 116 cm³/mol. The maximum absolute atomic E-state index is 12.9. The lowest BCUT2D eigenvalue weighted by molar-refractivity contribution is -0.137. The highest BCUT2D eigenvalue weighted by atomic mass is 19.4. The van der Waals surface area contributed by atoms with Gasteiger partial charge in [0, 0.05) is 23.3 Å². The Kier molecular flexibility index (Phi) is 5.28. The van der Waals surface area contributed by atoms with Crippen LogP contribution in [0.2, 0.25) is 0 Å². The third-order valence-corrected chi connectivity index (χ3v) is 4.84. The molecule has 0 bridgehead atoms. The molecule has 0 atom stereocenters. The van der Waals surface area contributed by atoms with Crippen LogP contribution in [0.3, 0.4) is 0 Å². The number of nitrogens with one attached hydrogen (secondary N) is 2. The Labute approximate surface area is 193 Å². The van der Waals surface area contributed by atoms with Gasteiger partial charge in [0.15, 0.2) is 0 Å². The van der Waals surface area contributed by atoms with E-state index in [-0.39, 0.29) is 23.2 Å². The molecule has 5 aromatic rings. The van der Waals surface area contributed by atoms with Crippen molar-refractivity contribution in [3.8, 4) is 23.2 Å². The van der Waals surface area contributed by atoms with Gasteiger partial charge in [0.25, 0.3) is 5.89 Å². The van der Waals surface area contributed by atoms with Gasteiger partial charge in [-0.3, -0.25) is 4.57 Å². The molecule has 0 spiro atoms. The standard InChI is InChI=1S/C22H13F3N6O4/c23-22(24,25)13-2-1-3-14(9-13)28-20(32)31-7-6-12-8-15(4-5-17(12)31)34-18-10-16(26-11-27-18)19-29-30-21(33)35-19/h1-11H,(H,28,32)(H,30,33). The van der Waals surface area contributed by atoms with Crippen molar-refractivity contribution in [2.45, 2.75) is 6.18 Å². The molecule has 0 saturated carbocycles. The average molecular weight is 482 g/mol. The first kappa shape index (κ1) is 21.9. The fraction of sp³-hybridized carbons (Fsp3) is 0.0455. The fourth-order valence-corrected chi connectivity index (χ4v) is 3.29. The van der Waals surface area contributed by atoms with Crippen LogP contribution in [0.1, 0.15) is 5.56 Å². The van der Waals surface area contributed by atoms with Gasteiger partial charge in [-0.05, 0) is 42.5 Å². The molecule has 176 valence electrons. The molecule has 0 radical (unpaired) electrons. The van der Waals surface area contributed by atoms with Crippen molar-refractivity contribution < 1.29 is 27.1 Å². The number of fused-ring (bicyclic) bond motifs is 1. The minimum absolute atomic E-state index is 0.0129. The molecule has 0 aliphatic heterocycles. The van der Waals surface area contributed by atoms with Crippen LogP contribution >= 0.6 is 0 Å². The molecule has 5 rings (SSSR count). The Hall–Kier alpha value is -4.94. The average Bonchev–Trinajstić information content (AvgIpc) is 3.45. The van der Waals surface area contributed by atoms with Gasteiger partial charge in [-0.15, -0.1) is 5.10 Å². The minimum atomic E-state index is -4.52. The molecule has 2 N–H and O–H groups in total. The van der Waals surface area contributed by atoms with E-state index >= 15 is 0 Å². The molecular formula is C22H13F3N6O4. The number of benzene rings is 2. The molecule has 2 aromatic carbocycles. The largest absolute Gasteiger partial charge is 0.439 e. The Morgan fingerprint density at radius 1 is 1.09 bits per heavy atom. The summed E-state index contributed by atoms with van der Waals surface area (Å²) < 4.78 is 50.7. The molecule has 0 aliphatic rings. The summed E-state index contributed by atoms with van der Waals surface area (Å²) in [6.07, 6.45) is -1.82. The summed E-state index contributed by atoms with van der Waals surface area (Å²) in [5, 5.41) is 8.93. The third kappa shape index (κ3) is 4.59. The number of hydrogen-bond acceptors (Lipinski definition) is 7. The first-order chi connectivity index (χ1) is 16.8. The van der Waals surface area contributed by atoms with Crippen LogP contribution in [0.25, 0.3) is 22.5 Å². The van der Waals surface area contributed by atoms with Gasteiger partial charge in [-0.25, -0.2) is 24.7 Å². The monoisotopic (exact) mass is 482 g/mol. The fourth-order valence-electron chi connectivity index (χ4n) is 3.29. The second-order valence-electron chi connectivity index (χ2n) is 7.18. The molecule has 0 fully saturated rings. The van der Waals surface area contributed by atoms with Crippen LogP contribution < -0.4 is 15.8 Å². The van der Waals surface area contributed by atoms with Crippen molar-refractivity contribution in [1.82, 2.24) is 24.7 Å². The second-order valence-corrected chi connectivity index (χ2v) is 7.18. The van der Waals surface area contributed by atoms with Gasteiger partial charge in [0.2, 0.25) is 5.88 Å². The minimum Gasteiger partial charge on any atom is -0.439 e. The molecule has 10 nitrogen and oxygen atoms in total. The summed E-state index contributed by atoms with van der Waals surface area (Å²) in [5.41, 5.74) is -0.119. The summed E-state index contributed by atoms with van der Waals surface area (Å²) in [6, 6.07) is 11.7. The Bertz CT molecular complexity index is 1600. The number of ether oxygens (including phenoxy) is 1. The van der Waals surface area contributed by atoms with Gasteiger partial charge in [-0.2, -0.15) is 13.2 Å². The maximum atomic E-state index is 12.9. The van der Waals surface area contributed by atoms with Gasteiger partial charge >= 0.3 is 18.0 Å².